The van der Waals surface area contributed by atoms with E-state index in [1.54, 1.807) is 36.1 Å². The first-order valence-electron chi connectivity index (χ1n) is 5.22. The molecule has 0 fully saturated rings. The van der Waals surface area contributed by atoms with Crippen LogP contribution in [0, 0.1) is 10.1 Å². The lowest BCUT2D eigenvalue weighted by Crippen LogP contribution is -1.93. The van der Waals surface area contributed by atoms with E-state index in [0.717, 1.165) is 5.56 Å². The lowest BCUT2D eigenvalue weighted by Gasteiger charge is -2.06. The van der Waals surface area contributed by atoms with E-state index in [1.807, 2.05) is 12.1 Å². The van der Waals surface area contributed by atoms with E-state index in [-0.39, 0.29) is 11.4 Å². The maximum absolute atomic E-state index is 10.8. The standard InChI is InChI=1S/C13H10NO3P/c15-14(16)12-3-1-2-4-13(12)17-11-7-5-10(9-18)6-8-11/h1-9,18H. The van der Waals surface area contributed by atoms with Crippen LogP contribution >= 0.6 is 8.86 Å². The van der Waals surface area contributed by atoms with E-state index in [1.165, 1.54) is 6.07 Å². The molecule has 0 aromatic heterocycles. The molecule has 0 aliphatic carbocycles. The first kappa shape index (κ1) is 12.3. The molecule has 0 unspecified atom stereocenters. The van der Waals surface area contributed by atoms with Gasteiger partial charge in [-0.25, -0.2) is 0 Å². The zero-order valence-corrected chi connectivity index (χ0v) is 10.4. The molecule has 0 bridgehead atoms. The molecule has 0 atom stereocenters. The van der Waals surface area contributed by atoms with Gasteiger partial charge < -0.3 is 4.74 Å². The minimum atomic E-state index is -0.463. The van der Waals surface area contributed by atoms with Crippen molar-refractivity contribution in [1.82, 2.24) is 0 Å². The van der Waals surface area contributed by atoms with Gasteiger partial charge in [-0.05, 0) is 29.6 Å². The Morgan fingerprint density at radius 2 is 1.78 bits per heavy atom. The number of nitro groups is 1. The average Bonchev–Trinajstić information content (AvgIpc) is 2.40. The van der Waals surface area contributed by atoms with Gasteiger partial charge in [0.25, 0.3) is 0 Å². The molecule has 0 saturated heterocycles. The summed E-state index contributed by atoms with van der Waals surface area (Å²) in [5, 5.41) is 10.8. The Morgan fingerprint density at radius 3 is 2.39 bits per heavy atom. The minimum Gasteiger partial charge on any atom is -0.450 e. The van der Waals surface area contributed by atoms with Gasteiger partial charge in [0.2, 0.25) is 5.75 Å². The number of rotatable bonds is 4. The molecule has 4 nitrogen and oxygen atoms in total. The molecule has 0 aliphatic rings. The monoisotopic (exact) mass is 259 g/mol. The van der Waals surface area contributed by atoms with Crippen molar-refractivity contribution in [2.24, 2.45) is 0 Å². The Balaban J connectivity index is 2.28. The fourth-order valence-corrected chi connectivity index (χ4v) is 1.65. The highest BCUT2D eigenvalue weighted by molar-refractivity contribution is 7.19. The molecule has 5 heteroatoms. The molecule has 2 aromatic carbocycles. The summed E-state index contributed by atoms with van der Waals surface area (Å²) in [6.45, 7) is 0. The van der Waals surface area contributed by atoms with Crippen molar-refractivity contribution in [3.63, 3.8) is 0 Å². The van der Waals surface area contributed by atoms with Crippen molar-refractivity contribution in [3.8, 4) is 11.5 Å². The van der Waals surface area contributed by atoms with Gasteiger partial charge in [-0.3, -0.25) is 10.1 Å². The molecule has 0 aliphatic heterocycles. The van der Waals surface area contributed by atoms with Crippen LogP contribution in [0.25, 0.3) is 0 Å². The highest BCUT2D eigenvalue weighted by Crippen LogP contribution is 2.30. The highest BCUT2D eigenvalue weighted by Gasteiger charge is 2.14. The second-order valence-electron chi connectivity index (χ2n) is 3.54. The topological polar surface area (TPSA) is 52.4 Å². The lowest BCUT2D eigenvalue weighted by molar-refractivity contribution is -0.385. The van der Waals surface area contributed by atoms with E-state index < -0.39 is 4.92 Å². The van der Waals surface area contributed by atoms with Gasteiger partial charge in [0, 0.05) is 6.07 Å². The summed E-state index contributed by atoms with van der Waals surface area (Å²) in [4.78, 5) is 10.4. The fourth-order valence-electron chi connectivity index (χ4n) is 1.45. The molecule has 2 rings (SSSR count). The smallest absolute Gasteiger partial charge is 0.311 e. The number of para-hydroxylation sites is 2. The van der Waals surface area contributed by atoms with Crippen LogP contribution in [0.2, 0.25) is 0 Å². The number of nitro benzene ring substituents is 1. The summed E-state index contributed by atoms with van der Waals surface area (Å²) in [6.07, 6.45) is 0. The third-order valence-electron chi connectivity index (χ3n) is 2.34. The van der Waals surface area contributed by atoms with Gasteiger partial charge in [-0.2, -0.15) is 0 Å². The molecule has 2 aromatic rings. The Labute approximate surface area is 106 Å². The number of benzene rings is 2. The molecule has 0 spiro atoms. The maximum Gasteiger partial charge on any atom is 0.311 e. The molecule has 0 N–H and O–H groups in total. The van der Waals surface area contributed by atoms with E-state index in [4.69, 9.17) is 4.74 Å². The quantitative estimate of drug-likeness (QED) is 0.478. The molecular formula is C13H10NO3P. The van der Waals surface area contributed by atoms with Crippen LogP contribution in [0.15, 0.2) is 48.5 Å². The zero-order valence-electron chi connectivity index (χ0n) is 9.37. The summed E-state index contributed by atoms with van der Waals surface area (Å²) < 4.78 is 5.50. The second kappa shape index (κ2) is 5.43. The van der Waals surface area contributed by atoms with Crippen LogP contribution in [0.1, 0.15) is 5.56 Å². The van der Waals surface area contributed by atoms with Crippen molar-refractivity contribution in [2.45, 2.75) is 0 Å². The zero-order chi connectivity index (χ0) is 13.0. The Kier molecular flexibility index (Phi) is 3.70. The van der Waals surface area contributed by atoms with Gasteiger partial charge in [0.05, 0.1) is 4.92 Å². The molecule has 90 valence electrons. The summed E-state index contributed by atoms with van der Waals surface area (Å²) >= 11 is 0. The van der Waals surface area contributed by atoms with Crippen molar-refractivity contribution in [2.75, 3.05) is 0 Å². The number of hydrogen-bond acceptors (Lipinski definition) is 3. The summed E-state index contributed by atoms with van der Waals surface area (Å²) in [5.74, 6) is 2.56. The minimum absolute atomic E-state index is 0.0479. The molecule has 0 heterocycles. The maximum atomic E-state index is 10.8. The van der Waals surface area contributed by atoms with Gasteiger partial charge in [0.1, 0.15) is 5.75 Å². The van der Waals surface area contributed by atoms with Gasteiger partial charge in [-0.15, -0.1) is 8.86 Å². The predicted molar refractivity (Wildman–Crippen MR) is 73.1 cm³/mol. The van der Waals surface area contributed by atoms with Crippen molar-refractivity contribution < 1.29 is 9.66 Å². The Bertz CT molecular complexity index is 581. The molecule has 0 saturated carbocycles. The van der Waals surface area contributed by atoms with Crippen LogP contribution in [-0.2, 0) is 0 Å². The van der Waals surface area contributed by atoms with Crippen LogP contribution in [0.4, 0.5) is 5.69 Å². The van der Waals surface area contributed by atoms with Crippen LogP contribution in [-0.4, -0.2) is 10.7 Å². The van der Waals surface area contributed by atoms with Gasteiger partial charge in [0.15, 0.2) is 0 Å². The van der Waals surface area contributed by atoms with E-state index >= 15 is 0 Å². The van der Waals surface area contributed by atoms with Crippen molar-refractivity contribution in [3.05, 3.63) is 64.2 Å². The third kappa shape index (κ3) is 2.73. The van der Waals surface area contributed by atoms with Gasteiger partial charge in [-0.1, -0.05) is 24.3 Å². The van der Waals surface area contributed by atoms with Crippen molar-refractivity contribution in [1.29, 1.82) is 0 Å². The highest BCUT2D eigenvalue weighted by atomic mass is 31.0. The molecular weight excluding hydrogens is 249 g/mol. The Morgan fingerprint density at radius 1 is 1.11 bits per heavy atom. The summed E-state index contributed by atoms with van der Waals surface area (Å²) in [7, 11) is 3.27. The summed E-state index contributed by atoms with van der Waals surface area (Å²) in [6, 6.07) is 13.5. The third-order valence-corrected chi connectivity index (χ3v) is 2.67. The molecule has 0 radical (unpaired) electrons. The van der Waals surface area contributed by atoms with E-state index in [0.29, 0.717) is 5.75 Å². The predicted octanol–water partition coefficient (Wildman–Crippen LogP) is 3.68. The molecule has 0 amide bonds. The second-order valence-corrected chi connectivity index (χ2v) is 3.83. The Hall–Kier alpha value is -2.19. The van der Waals surface area contributed by atoms with Crippen LogP contribution in [0.3, 0.4) is 0 Å². The first-order valence-corrected chi connectivity index (χ1v) is 5.80. The van der Waals surface area contributed by atoms with E-state index in [9.17, 15) is 10.1 Å². The fraction of sp³-hybridized carbons (Fsp3) is 0. The first-order chi connectivity index (χ1) is 8.70. The van der Waals surface area contributed by atoms with E-state index in [2.05, 4.69) is 8.86 Å². The number of hydrogen-bond donors (Lipinski definition) is 0. The largest absolute Gasteiger partial charge is 0.450 e. The molecule has 18 heavy (non-hydrogen) atoms. The number of ether oxygens (including phenoxy) is 1. The normalized spacial score (nSPS) is 9.78. The average molecular weight is 259 g/mol. The summed E-state index contributed by atoms with van der Waals surface area (Å²) in [5.41, 5.74) is 0.940. The SMILES string of the molecule is O=[N+]([O-])c1ccccc1Oc1ccc(C=P)cc1. The van der Waals surface area contributed by atoms with Crippen molar-refractivity contribution >= 4 is 20.3 Å². The van der Waals surface area contributed by atoms with Crippen LogP contribution in [0.5, 0.6) is 11.5 Å². The lowest BCUT2D eigenvalue weighted by atomic mass is 10.2. The number of nitrogens with zero attached hydrogens (tertiary/aromatic N) is 1. The van der Waals surface area contributed by atoms with Gasteiger partial charge >= 0.3 is 5.69 Å². The van der Waals surface area contributed by atoms with Crippen LogP contribution < -0.4 is 4.74 Å².